The van der Waals surface area contributed by atoms with Gasteiger partial charge in [-0.25, -0.2) is 9.18 Å². The molecule has 0 saturated heterocycles. The van der Waals surface area contributed by atoms with Crippen LogP contribution in [0, 0.1) is 0 Å². The molecule has 0 spiro atoms. The van der Waals surface area contributed by atoms with Crippen molar-refractivity contribution in [2.24, 2.45) is 0 Å². The maximum Gasteiger partial charge on any atom is 0.338 e. The third kappa shape index (κ3) is 3.92. The van der Waals surface area contributed by atoms with Gasteiger partial charge in [-0.15, -0.1) is 0 Å². The van der Waals surface area contributed by atoms with E-state index in [2.05, 4.69) is 10.6 Å². The van der Waals surface area contributed by atoms with Crippen LogP contribution in [0.25, 0.3) is 0 Å². The van der Waals surface area contributed by atoms with Gasteiger partial charge < -0.3 is 15.4 Å². The van der Waals surface area contributed by atoms with Gasteiger partial charge in [0.05, 0.1) is 11.6 Å². The maximum atomic E-state index is 13.0. The molecule has 1 heterocycles. The van der Waals surface area contributed by atoms with Gasteiger partial charge in [-0.2, -0.15) is 0 Å². The molecule has 1 aliphatic rings. The maximum absolute atomic E-state index is 13.0. The van der Waals surface area contributed by atoms with Crippen LogP contribution in [-0.4, -0.2) is 23.8 Å². The molecule has 1 atom stereocenters. The zero-order valence-electron chi connectivity index (χ0n) is 11.3. The zero-order chi connectivity index (χ0) is 15.4. The number of benzene rings is 1. The van der Waals surface area contributed by atoms with E-state index in [1.165, 1.54) is 0 Å². The van der Waals surface area contributed by atoms with Gasteiger partial charge in [-0.05, 0) is 36.8 Å². The molecule has 2 N–H and O–H groups in total. The first-order chi connectivity index (χ1) is 10.0. The van der Waals surface area contributed by atoms with Crippen LogP contribution < -0.4 is 10.6 Å². The molecule has 1 aromatic rings. The van der Waals surface area contributed by atoms with E-state index in [1.54, 1.807) is 31.2 Å². The minimum Gasteiger partial charge on any atom is -0.457 e. The number of allylic oxidation sites excluding steroid dienone is 1. The van der Waals surface area contributed by atoms with Crippen LogP contribution in [0.4, 0.5) is 4.39 Å². The summed E-state index contributed by atoms with van der Waals surface area (Å²) in [6.07, 6.45) is 0. The molecular formula is C14H14ClFN2O2S. The molecule has 21 heavy (non-hydrogen) atoms. The molecule has 1 aliphatic heterocycles. The molecule has 0 bridgehead atoms. The number of hydrogen-bond donors (Lipinski definition) is 2. The van der Waals surface area contributed by atoms with Crippen LogP contribution >= 0.6 is 23.8 Å². The lowest BCUT2D eigenvalue weighted by molar-refractivity contribution is -0.140. The average Bonchev–Trinajstić information content (AvgIpc) is 2.45. The number of thiocarbonyl (C=S) groups is 1. The predicted molar refractivity (Wildman–Crippen MR) is 82.6 cm³/mol. The Hall–Kier alpha value is -1.66. The van der Waals surface area contributed by atoms with Gasteiger partial charge >= 0.3 is 5.97 Å². The summed E-state index contributed by atoms with van der Waals surface area (Å²) in [7, 11) is 0. The monoisotopic (exact) mass is 328 g/mol. The second kappa shape index (κ2) is 6.87. The third-order valence-corrected chi connectivity index (χ3v) is 3.49. The third-order valence-electron chi connectivity index (χ3n) is 3.02. The van der Waals surface area contributed by atoms with Crippen LogP contribution in [0.1, 0.15) is 12.5 Å². The Balaban J connectivity index is 2.06. The molecular weight excluding hydrogens is 315 g/mol. The first-order valence-corrected chi connectivity index (χ1v) is 7.05. The molecule has 0 aliphatic carbocycles. The topological polar surface area (TPSA) is 50.4 Å². The highest BCUT2D eigenvalue weighted by molar-refractivity contribution is 7.80. The van der Waals surface area contributed by atoms with Crippen LogP contribution in [0.2, 0.25) is 5.02 Å². The van der Waals surface area contributed by atoms with Crippen LogP contribution in [-0.2, 0) is 16.1 Å². The fraction of sp³-hybridized carbons (Fsp3) is 0.286. The molecule has 1 aromatic carbocycles. The fourth-order valence-electron chi connectivity index (χ4n) is 1.98. The van der Waals surface area contributed by atoms with Crippen molar-refractivity contribution in [2.75, 3.05) is 6.67 Å². The highest BCUT2D eigenvalue weighted by Crippen LogP contribution is 2.16. The van der Waals surface area contributed by atoms with Crippen molar-refractivity contribution in [3.63, 3.8) is 0 Å². The summed E-state index contributed by atoms with van der Waals surface area (Å²) in [4.78, 5) is 12.1. The van der Waals surface area contributed by atoms with Crippen molar-refractivity contribution < 1.29 is 13.9 Å². The molecule has 0 saturated carbocycles. The van der Waals surface area contributed by atoms with E-state index in [1.807, 2.05) is 0 Å². The number of rotatable bonds is 4. The smallest absolute Gasteiger partial charge is 0.338 e. The van der Waals surface area contributed by atoms with Crippen LogP contribution in [0.15, 0.2) is 35.5 Å². The second-order valence-corrected chi connectivity index (χ2v) is 5.39. The van der Waals surface area contributed by atoms with Crippen molar-refractivity contribution in [1.82, 2.24) is 10.6 Å². The van der Waals surface area contributed by atoms with Gasteiger partial charge in [0.2, 0.25) is 0 Å². The molecule has 1 unspecified atom stereocenters. The van der Waals surface area contributed by atoms with Crippen molar-refractivity contribution >= 4 is 34.9 Å². The highest BCUT2D eigenvalue weighted by Gasteiger charge is 2.29. The SMILES string of the molecule is CC1=C(C(=O)OCc2ccc(Cl)cc2)C(CF)NC(=S)N1. The van der Waals surface area contributed by atoms with Gasteiger partial charge in [-0.1, -0.05) is 23.7 Å². The first-order valence-electron chi connectivity index (χ1n) is 6.27. The minimum absolute atomic E-state index is 0.0935. The van der Waals surface area contributed by atoms with E-state index < -0.39 is 18.7 Å². The van der Waals surface area contributed by atoms with Crippen molar-refractivity contribution in [1.29, 1.82) is 0 Å². The van der Waals surface area contributed by atoms with Gasteiger partial charge in [0.1, 0.15) is 13.3 Å². The predicted octanol–water partition coefficient (Wildman–Crippen LogP) is 2.47. The molecule has 4 nitrogen and oxygen atoms in total. The number of halogens is 2. The summed E-state index contributed by atoms with van der Waals surface area (Å²) in [5.41, 5.74) is 1.53. The lowest BCUT2D eigenvalue weighted by atomic mass is 10.0. The molecule has 7 heteroatoms. The van der Waals surface area contributed by atoms with E-state index in [4.69, 9.17) is 28.6 Å². The first kappa shape index (κ1) is 15.7. The zero-order valence-corrected chi connectivity index (χ0v) is 12.9. The summed E-state index contributed by atoms with van der Waals surface area (Å²) in [6.45, 7) is 1.01. The van der Waals surface area contributed by atoms with Gasteiger partial charge in [0.15, 0.2) is 5.11 Å². The number of ether oxygens (including phenoxy) is 1. The van der Waals surface area contributed by atoms with Gasteiger partial charge in [0, 0.05) is 10.7 Å². The summed E-state index contributed by atoms with van der Waals surface area (Å²) in [6, 6.07) is 6.16. The number of carbonyl (C=O) groups is 1. The Labute approximate surface area is 132 Å². The number of carbonyl (C=O) groups excluding carboxylic acids is 1. The lowest BCUT2D eigenvalue weighted by Crippen LogP contribution is -2.50. The average molecular weight is 329 g/mol. The standard InChI is InChI=1S/C14H14ClFN2O2S/c1-8-12(11(6-16)18-14(21)17-8)13(19)20-7-9-2-4-10(15)5-3-9/h2-5,11H,6-7H2,1H3,(H2,17,18,21). The summed E-state index contributed by atoms with van der Waals surface area (Å²) in [5, 5.41) is 6.40. The normalized spacial score (nSPS) is 18.0. The Bertz CT molecular complexity index is 589. The summed E-state index contributed by atoms with van der Waals surface area (Å²) >= 11 is 10.7. The second-order valence-electron chi connectivity index (χ2n) is 4.55. The van der Waals surface area contributed by atoms with Crippen LogP contribution in [0.5, 0.6) is 0 Å². The van der Waals surface area contributed by atoms with Gasteiger partial charge in [0.25, 0.3) is 0 Å². The van der Waals surface area contributed by atoms with Gasteiger partial charge in [-0.3, -0.25) is 0 Å². The number of hydrogen-bond acceptors (Lipinski definition) is 3. The van der Waals surface area contributed by atoms with Crippen molar-refractivity contribution in [3.05, 3.63) is 46.1 Å². The molecule has 0 fully saturated rings. The largest absolute Gasteiger partial charge is 0.457 e. The molecule has 112 valence electrons. The minimum atomic E-state index is -0.781. The van der Waals surface area contributed by atoms with E-state index in [0.29, 0.717) is 15.8 Å². The Morgan fingerprint density at radius 3 is 2.71 bits per heavy atom. The quantitative estimate of drug-likeness (QED) is 0.657. The molecule has 2 rings (SSSR count). The molecule has 0 aromatic heterocycles. The lowest BCUT2D eigenvalue weighted by Gasteiger charge is -2.27. The highest BCUT2D eigenvalue weighted by atomic mass is 35.5. The summed E-state index contributed by atoms with van der Waals surface area (Å²) in [5.74, 6) is -0.576. The number of esters is 1. The molecule has 0 radical (unpaired) electrons. The fourth-order valence-corrected chi connectivity index (χ4v) is 2.41. The van der Waals surface area contributed by atoms with Crippen molar-refractivity contribution in [3.8, 4) is 0 Å². The van der Waals surface area contributed by atoms with E-state index in [0.717, 1.165) is 5.56 Å². The van der Waals surface area contributed by atoms with Crippen molar-refractivity contribution in [2.45, 2.75) is 19.6 Å². The number of alkyl halides is 1. The Morgan fingerprint density at radius 1 is 1.43 bits per heavy atom. The Kier molecular flexibility index (Phi) is 5.14. The Morgan fingerprint density at radius 2 is 2.10 bits per heavy atom. The van der Waals surface area contributed by atoms with E-state index >= 15 is 0 Å². The number of nitrogens with one attached hydrogen (secondary N) is 2. The van der Waals surface area contributed by atoms with E-state index in [-0.39, 0.29) is 12.2 Å². The molecule has 0 amide bonds. The van der Waals surface area contributed by atoms with E-state index in [9.17, 15) is 9.18 Å². The summed E-state index contributed by atoms with van der Waals surface area (Å²) < 4.78 is 18.3. The van der Waals surface area contributed by atoms with Crippen LogP contribution in [0.3, 0.4) is 0 Å².